The average molecular weight is 421 g/mol. The van der Waals surface area contributed by atoms with Crippen molar-refractivity contribution >= 4 is 30.7 Å². The summed E-state index contributed by atoms with van der Waals surface area (Å²) in [6, 6.07) is 4.78. The summed E-state index contributed by atoms with van der Waals surface area (Å²) in [6.45, 7) is 8.08. The van der Waals surface area contributed by atoms with Crippen LogP contribution in [0.4, 0.5) is 0 Å². The summed E-state index contributed by atoms with van der Waals surface area (Å²) in [5.74, 6) is 0.862. The van der Waals surface area contributed by atoms with Gasteiger partial charge in [-0.3, -0.25) is 0 Å². The number of pyridine rings is 1. The molecule has 0 atom stereocenters. The first-order chi connectivity index (χ1) is 13.3. The van der Waals surface area contributed by atoms with Crippen molar-refractivity contribution < 1.29 is 14.2 Å². The van der Waals surface area contributed by atoms with Gasteiger partial charge >= 0.3 is 0 Å². The van der Waals surface area contributed by atoms with Gasteiger partial charge in [0, 0.05) is 31.8 Å². The Bertz CT molecular complexity index is 949. The first-order valence-electron chi connectivity index (χ1n) is 9.00. The van der Waals surface area contributed by atoms with Gasteiger partial charge in [0.15, 0.2) is 0 Å². The zero-order valence-electron chi connectivity index (χ0n) is 16.8. The van der Waals surface area contributed by atoms with Crippen LogP contribution in [-0.2, 0) is 11.5 Å². The molecule has 3 aromatic heterocycles. The Labute approximate surface area is 170 Å². The van der Waals surface area contributed by atoms with Gasteiger partial charge in [-0.1, -0.05) is 31.2 Å². The lowest BCUT2D eigenvalue weighted by Crippen LogP contribution is -2.22. The summed E-state index contributed by atoms with van der Waals surface area (Å²) in [4.78, 5) is 12.9. The van der Waals surface area contributed by atoms with Gasteiger partial charge in [-0.05, 0) is 18.2 Å². The lowest BCUT2D eigenvalue weighted by molar-refractivity contribution is 0.0899. The van der Waals surface area contributed by atoms with Crippen molar-refractivity contribution in [1.29, 1.82) is 0 Å². The normalized spacial score (nSPS) is 11.8. The summed E-state index contributed by atoms with van der Waals surface area (Å²) in [5, 5.41) is 1.31. The van der Waals surface area contributed by atoms with E-state index in [1.807, 2.05) is 16.8 Å². The van der Waals surface area contributed by atoms with E-state index in [2.05, 4.69) is 34.6 Å². The minimum absolute atomic E-state index is 0.382. The van der Waals surface area contributed by atoms with Gasteiger partial charge in [0.1, 0.15) is 29.4 Å². The second-order valence-corrected chi connectivity index (χ2v) is 13.6. The number of hydrogen-bond donors (Lipinski definition) is 0. The lowest BCUT2D eigenvalue weighted by Gasteiger charge is -2.15. The number of aromatic nitrogens is 4. The van der Waals surface area contributed by atoms with Crippen molar-refractivity contribution in [1.82, 2.24) is 19.5 Å². The predicted molar refractivity (Wildman–Crippen MR) is 113 cm³/mol. The van der Waals surface area contributed by atoms with Gasteiger partial charge in [0.25, 0.3) is 0 Å². The molecule has 0 amide bonds. The van der Waals surface area contributed by atoms with Gasteiger partial charge in [-0.2, -0.15) is 0 Å². The molecule has 0 bridgehead atoms. The predicted octanol–water partition coefficient (Wildman–Crippen LogP) is 4.48. The summed E-state index contributed by atoms with van der Waals surface area (Å²) >= 11 is 6.15. The average Bonchev–Trinajstić information content (AvgIpc) is 3.01. The maximum absolute atomic E-state index is 6.15. The van der Waals surface area contributed by atoms with Gasteiger partial charge in [-0.25, -0.2) is 15.0 Å². The second kappa shape index (κ2) is 8.46. The molecule has 0 saturated carbocycles. The summed E-state index contributed by atoms with van der Waals surface area (Å²) in [6.07, 6.45) is 3.36. The van der Waals surface area contributed by atoms with Crippen LogP contribution >= 0.6 is 11.6 Å². The van der Waals surface area contributed by atoms with Crippen molar-refractivity contribution in [2.45, 2.75) is 32.4 Å². The minimum Gasteiger partial charge on any atom is -0.480 e. The monoisotopic (exact) mass is 420 g/mol. The molecule has 3 rings (SSSR count). The standard InChI is InChI=1S/C19H25ClN4O3Si/c1-25-18-16(19(26-2)22-11-21-18)14-10-24(12-27-8-9-28(3,4)5)17-13(14)6-7-15(20)23-17/h6-7,10-11H,8-9,12H2,1-5H3. The van der Waals surface area contributed by atoms with Gasteiger partial charge in [0.2, 0.25) is 11.8 Å². The number of nitrogens with zero attached hydrogens (tertiary/aromatic N) is 4. The van der Waals surface area contributed by atoms with Crippen LogP contribution in [0.25, 0.3) is 22.2 Å². The fraction of sp³-hybridized carbons (Fsp3) is 0.421. The van der Waals surface area contributed by atoms with E-state index in [-0.39, 0.29) is 0 Å². The zero-order chi connectivity index (χ0) is 20.3. The number of fused-ring (bicyclic) bond motifs is 1. The molecule has 3 heterocycles. The van der Waals surface area contributed by atoms with Crippen LogP contribution in [0.15, 0.2) is 24.7 Å². The van der Waals surface area contributed by atoms with Crippen molar-refractivity contribution in [3.05, 3.63) is 29.8 Å². The summed E-state index contributed by atoms with van der Waals surface area (Å²) in [7, 11) is 1.99. The molecule has 3 aromatic rings. The highest BCUT2D eigenvalue weighted by Crippen LogP contribution is 2.40. The molecule has 7 nitrogen and oxygen atoms in total. The fourth-order valence-electron chi connectivity index (χ4n) is 2.87. The van der Waals surface area contributed by atoms with Gasteiger partial charge < -0.3 is 18.8 Å². The number of methoxy groups -OCH3 is 2. The van der Waals surface area contributed by atoms with Crippen LogP contribution < -0.4 is 9.47 Å². The molecule has 150 valence electrons. The Kier molecular flexibility index (Phi) is 6.22. The molecule has 0 N–H and O–H groups in total. The molecule has 0 radical (unpaired) electrons. The Morgan fingerprint density at radius 3 is 2.36 bits per heavy atom. The fourth-order valence-corrected chi connectivity index (χ4v) is 3.77. The number of halogens is 1. The Balaban J connectivity index is 2.03. The van der Waals surface area contributed by atoms with Gasteiger partial charge in [-0.15, -0.1) is 0 Å². The highest BCUT2D eigenvalue weighted by Gasteiger charge is 2.21. The van der Waals surface area contributed by atoms with E-state index in [1.54, 1.807) is 20.3 Å². The summed E-state index contributed by atoms with van der Waals surface area (Å²) in [5.41, 5.74) is 2.24. The van der Waals surface area contributed by atoms with Crippen LogP contribution in [0.2, 0.25) is 30.8 Å². The Hall–Kier alpha value is -2.16. The number of rotatable bonds is 8. The van der Waals surface area contributed by atoms with Crippen LogP contribution in [0.3, 0.4) is 0 Å². The van der Waals surface area contributed by atoms with Crippen LogP contribution in [-0.4, -0.2) is 48.4 Å². The second-order valence-electron chi connectivity index (χ2n) is 7.63. The van der Waals surface area contributed by atoms with Crippen LogP contribution in [0.1, 0.15) is 0 Å². The van der Waals surface area contributed by atoms with E-state index < -0.39 is 8.07 Å². The van der Waals surface area contributed by atoms with Crippen molar-refractivity contribution in [2.75, 3.05) is 20.8 Å². The third-order valence-corrected chi connectivity index (χ3v) is 6.26. The van der Waals surface area contributed by atoms with E-state index >= 15 is 0 Å². The van der Waals surface area contributed by atoms with E-state index in [0.29, 0.717) is 35.8 Å². The van der Waals surface area contributed by atoms with E-state index in [1.165, 1.54) is 6.33 Å². The van der Waals surface area contributed by atoms with E-state index in [9.17, 15) is 0 Å². The molecule has 0 unspecified atom stereocenters. The first-order valence-corrected chi connectivity index (χ1v) is 13.1. The van der Waals surface area contributed by atoms with Gasteiger partial charge in [0.05, 0.1) is 14.2 Å². The molecule has 28 heavy (non-hydrogen) atoms. The third-order valence-electron chi connectivity index (χ3n) is 4.35. The van der Waals surface area contributed by atoms with Crippen molar-refractivity contribution in [2.24, 2.45) is 0 Å². The van der Waals surface area contributed by atoms with Crippen LogP contribution in [0, 0.1) is 0 Å². The highest BCUT2D eigenvalue weighted by molar-refractivity contribution is 6.76. The maximum atomic E-state index is 6.15. The smallest absolute Gasteiger partial charge is 0.228 e. The van der Waals surface area contributed by atoms with Crippen molar-refractivity contribution in [3.63, 3.8) is 0 Å². The van der Waals surface area contributed by atoms with Crippen LogP contribution in [0.5, 0.6) is 11.8 Å². The zero-order valence-corrected chi connectivity index (χ0v) is 18.6. The molecular formula is C19H25ClN4O3Si. The Morgan fingerprint density at radius 1 is 1.07 bits per heavy atom. The molecular weight excluding hydrogens is 396 g/mol. The van der Waals surface area contributed by atoms with Crippen molar-refractivity contribution in [3.8, 4) is 22.9 Å². The van der Waals surface area contributed by atoms with E-state index in [4.69, 9.17) is 25.8 Å². The molecule has 0 aliphatic rings. The third kappa shape index (κ3) is 4.45. The largest absolute Gasteiger partial charge is 0.480 e. The molecule has 0 fully saturated rings. The van der Waals surface area contributed by atoms with E-state index in [0.717, 1.165) is 22.6 Å². The molecule has 0 aliphatic heterocycles. The number of ether oxygens (including phenoxy) is 3. The Morgan fingerprint density at radius 2 is 1.75 bits per heavy atom. The molecule has 0 saturated heterocycles. The summed E-state index contributed by atoms with van der Waals surface area (Å²) < 4.78 is 18.8. The molecule has 0 aliphatic carbocycles. The topological polar surface area (TPSA) is 71.3 Å². The maximum Gasteiger partial charge on any atom is 0.228 e. The molecule has 0 spiro atoms. The minimum atomic E-state index is -1.15. The highest BCUT2D eigenvalue weighted by atomic mass is 35.5. The number of hydrogen-bond acceptors (Lipinski definition) is 6. The first kappa shape index (κ1) is 20.6. The SMILES string of the molecule is COc1ncnc(OC)c1-c1cn(COCC[Si](C)(C)C)c2nc(Cl)ccc12. The molecule has 9 heteroatoms. The lowest BCUT2D eigenvalue weighted by atomic mass is 10.1. The quantitative estimate of drug-likeness (QED) is 0.304. The molecule has 0 aromatic carbocycles.